The molecule has 0 saturated heterocycles. The van der Waals surface area contributed by atoms with E-state index in [-0.39, 0.29) is 0 Å². The molecule has 28 heavy (non-hydrogen) atoms. The van der Waals surface area contributed by atoms with Gasteiger partial charge in [0.1, 0.15) is 19.0 Å². The fourth-order valence-electron chi connectivity index (χ4n) is 2.53. The van der Waals surface area contributed by atoms with Gasteiger partial charge in [-0.1, -0.05) is 51.3 Å². The molecule has 0 aliphatic rings. The van der Waals surface area contributed by atoms with Gasteiger partial charge in [-0.2, -0.15) is 0 Å². The molecule has 1 N–H and O–H groups in total. The zero-order valence-electron chi connectivity index (χ0n) is 15.0. The molecule has 1 heterocycles. The van der Waals surface area contributed by atoms with Gasteiger partial charge in [0.2, 0.25) is 5.88 Å². The Labute approximate surface area is 182 Å². The van der Waals surface area contributed by atoms with Gasteiger partial charge in [-0.15, -0.1) is 0 Å². The van der Waals surface area contributed by atoms with Crippen molar-refractivity contribution in [3.63, 3.8) is 0 Å². The van der Waals surface area contributed by atoms with E-state index in [4.69, 9.17) is 32.7 Å². The Morgan fingerprint density at radius 1 is 0.964 bits per heavy atom. The number of rotatable bonds is 9. The molecular formula is C21H19BrCl2N2O2. The molecule has 7 heteroatoms. The van der Waals surface area contributed by atoms with Gasteiger partial charge in [0, 0.05) is 51.0 Å². The topological polar surface area (TPSA) is 43.4 Å². The van der Waals surface area contributed by atoms with E-state index < -0.39 is 0 Å². The summed E-state index contributed by atoms with van der Waals surface area (Å²) in [5.74, 6) is 1.39. The maximum atomic E-state index is 6.23. The number of halogens is 3. The van der Waals surface area contributed by atoms with E-state index >= 15 is 0 Å². The lowest BCUT2D eigenvalue weighted by atomic mass is 10.2. The molecule has 0 atom stereocenters. The number of nitrogens with one attached hydrogen (secondary N) is 1. The molecule has 0 unspecified atom stereocenters. The highest BCUT2D eigenvalue weighted by Crippen LogP contribution is 2.28. The van der Waals surface area contributed by atoms with Gasteiger partial charge in [0.25, 0.3) is 0 Å². The monoisotopic (exact) mass is 480 g/mol. The zero-order chi connectivity index (χ0) is 19.8. The average Bonchev–Trinajstić information content (AvgIpc) is 2.69. The van der Waals surface area contributed by atoms with E-state index in [2.05, 4.69) is 26.2 Å². The Kier molecular flexibility index (Phi) is 7.98. The van der Waals surface area contributed by atoms with Crippen LogP contribution in [0.15, 0.2) is 65.3 Å². The third-order valence-corrected chi connectivity index (χ3v) is 5.14. The summed E-state index contributed by atoms with van der Waals surface area (Å²) in [4.78, 5) is 4.13. The average molecular weight is 482 g/mol. The number of hydrogen-bond acceptors (Lipinski definition) is 4. The van der Waals surface area contributed by atoms with E-state index in [1.807, 2.05) is 42.5 Å². The summed E-state index contributed by atoms with van der Waals surface area (Å²) in [6.45, 7) is 2.14. The minimum Gasteiger partial charge on any atom is -0.488 e. The molecule has 0 fully saturated rings. The van der Waals surface area contributed by atoms with Crippen LogP contribution in [0.4, 0.5) is 0 Å². The summed E-state index contributed by atoms with van der Waals surface area (Å²) in [5, 5.41) is 4.54. The summed E-state index contributed by atoms with van der Waals surface area (Å²) in [7, 11) is 0. The number of hydrogen-bond donors (Lipinski definition) is 1. The smallest absolute Gasteiger partial charge is 0.213 e. The lowest BCUT2D eigenvalue weighted by molar-refractivity contribution is 0.295. The Hall–Kier alpha value is -1.79. The van der Waals surface area contributed by atoms with Gasteiger partial charge in [0.15, 0.2) is 0 Å². The molecule has 0 saturated carbocycles. The van der Waals surface area contributed by atoms with Gasteiger partial charge in [-0.3, -0.25) is 0 Å². The van der Waals surface area contributed by atoms with Crippen LogP contribution in [0.3, 0.4) is 0 Å². The Balaban J connectivity index is 1.55. The summed E-state index contributed by atoms with van der Waals surface area (Å²) < 4.78 is 12.6. The fourth-order valence-corrected chi connectivity index (χ4v) is 3.45. The number of nitrogens with zero attached hydrogens (tertiary/aromatic N) is 1. The second-order valence-electron chi connectivity index (χ2n) is 5.93. The molecular weight excluding hydrogens is 463 g/mol. The zero-order valence-corrected chi connectivity index (χ0v) is 18.1. The Morgan fingerprint density at radius 2 is 1.79 bits per heavy atom. The molecule has 0 spiro atoms. The van der Waals surface area contributed by atoms with Crippen LogP contribution in [0, 0.1) is 0 Å². The lowest BCUT2D eigenvalue weighted by Crippen LogP contribution is -2.21. The first kappa shape index (κ1) is 20.9. The van der Waals surface area contributed by atoms with Crippen LogP contribution in [-0.2, 0) is 13.2 Å². The molecule has 0 aliphatic carbocycles. The van der Waals surface area contributed by atoms with Crippen molar-refractivity contribution in [1.82, 2.24) is 10.3 Å². The molecule has 4 nitrogen and oxygen atoms in total. The fraction of sp³-hybridized carbons (Fsp3) is 0.190. The molecule has 0 amide bonds. The van der Waals surface area contributed by atoms with E-state index in [0.717, 1.165) is 21.3 Å². The largest absolute Gasteiger partial charge is 0.488 e. The highest BCUT2D eigenvalue weighted by atomic mass is 79.9. The van der Waals surface area contributed by atoms with E-state index in [1.54, 1.807) is 18.3 Å². The van der Waals surface area contributed by atoms with Crippen molar-refractivity contribution >= 4 is 39.1 Å². The standard InChI is InChI=1S/C21H19BrCl2N2O2/c22-16-7-8-20(28-14-17-18(23)4-3-5-19(17)24)15(12-16)13-25-10-11-27-21-6-1-2-9-26-21/h1-9,12,25H,10-11,13-14H2. The molecule has 2 aromatic carbocycles. The molecule has 3 rings (SSSR count). The van der Waals surface area contributed by atoms with Crippen molar-refractivity contribution in [3.05, 3.63) is 86.4 Å². The molecule has 3 aromatic rings. The second kappa shape index (κ2) is 10.7. The number of ether oxygens (including phenoxy) is 2. The molecule has 0 radical (unpaired) electrons. The van der Waals surface area contributed by atoms with E-state index in [1.165, 1.54) is 0 Å². The minimum absolute atomic E-state index is 0.302. The highest BCUT2D eigenvalue weighted by molar-refractivity contribution is 9.10. The molecule has 0 bridgehead atoms. The second-order valence-corrected chi connectivity index (χ2v) is 7.66. The van der Waals surface area contributed by atoms with Gasteiger partial charge < -0.3 is 14.8 Å². The minimum atomic E-state index is 0.302. The summed E-state index contributed by atoms with van der Waals surface area (Å²) in [6.07, 6.45) is 1.71. The number of pyridine rings is 1. The van der Waals surface area contributed by atoms with Crippen molar-refractivity contribution in [2.45, 2.75) is 13.2 Å². The van der Waals surface area contributed by atoms with Crippen molar-refractivity contribution in [2.24, 2.45) is 0 Å². The first-order chi connectivity index (χ1) is 13.6. The van der Waals surface area contributed by atoms with Crippen LogP contribution in [-0.4, -0.2) is 18.1 Å². The van der Waals surface area contributed by atoms with Gasteiger partial charge in [0.05, 0.1) is 0 Å². The maximum absolute atomic E-state index is 6.23. The number of benzene rings is 2. The van der Waals surface area contributed by atoms with Crippen LogP contribution < -0.4 is 14.8 Å². The van der Waals surface area contributed by atoms with Crippen molar-refractivity contribution in [1.29, 1.82) is 0 Å². The summed E-state index contributed by atoms with van der Waals surface area (Å²) in [5.41, 5.74) is 1.80. The maximum Gasteiger partial charge on any atom is 0.213 e. The summed E-state index contributed by atoms with van der Waals surface area (Å²) in [6, 6.07) is 16.9. The predicted molar refractivity (Wildman–Crippen MR) is 116 cm³/mol. The van der Waals surface area contributed by atoms with Gasteiger partial charge in [-0.25, -0.2) is 4.98 Å². The Bertz CT molecular complexity index is 890. The van der Waals surface area contributed by atoms with Gasteiger partial charge >= 0.3 is 0 Å². The number of aromatic nitrogens is 1. The predicted octanol–water partition coefficient (Wildman–Crippen LogP) is 5.90. The Morgan fingerprint density at radius 3 is 2.54 bits per heavy atom. The van der Waals surface area contributed by atoms with E-state index in [9.17, 15) is 0 Å². The molecule has 0 aliphatic heterocycles. The first-order valence-electron chi connectivity index (χ1n) is 8.72. The summed E-state index contributed by atoms with van der Waals surface area (Å²) >= 11 is 16.0. The van der Waals surface area contributed by atoms with E-state index in [0.29, 0.717) is 42.2 Å². The van der Waals surface area contributed by atoms with Gasteiger partial charge in [-0.05, 0) is 36.4 Å². The van der Waals surface area contributed by atoms with Crippen molar-refractivity contribution in [2.75, 3.05) is 13.2 Å². The third kappa shape index (κ3) is 6.11. The van der Waals surface area contributed by atoms with Crippen LogP contribution in [0.25, 0.3) is 0 Å². The van der Waals surface area contributed by atoms with Crippen LogP contribution >= 0.6 is 39.1 Å². The lowest BCUT2D eigenvalue weighted by Gasteiger charge is -2.14. The van der Waals surface area contributed by atoms with Crippen LogP contribution in [0.1, 0.15) is 11.1 Å². The van der Waals surface area contributed by atoms with Crippen LogP contribution in [0.2, 0.25) is 10.0 Å². The normalized spacial score (nSPS) is 10.7. The molecule has 146 valence electrons. The quantitative estimate of drug-likeness (QED) is 0.386. The first-order valence-corrected chi connectivity index (χ1v) is 10.3. The van der Waals surface area contributed by atoms with Crippen molar-refractivity contribution in [3.8, 4) is 11.6 Å². The van der Waals surface area contributed by atoms with Crippen molar-refractivity contribution < 1.29 is 9.47 Å². The third-order valence-electron chi connectivity index (χ3n) is 3.94. The SMILES string of the molecule is Clc1cccc(Cl)c1COc1ccc(Br)cc1CNCCOc1ccccn1. The highest BCUT2D eigenvalue weighted by Gasteiger charge is 2.09. The van der Waals surface area contributed by atoms with Crippen LogP contribution in [0.5, 0.6) is 11.6 Å². The molecule has 1 aromatic heterocycles.